The van der Waals surface area contributed by atoms with E-state index < -0.39 is 23.2 Å². The van der Waals surface area contributed by atoms with Crippen molar-refractivity contribution in [3.05, 3.63) is 59.1 Å². The van der Waals surface area contributed by atoms with E-state index in [1.807, 2.05) is 0 Å². The number of carbonyl (C=O) groups is 3. The molecule has 10 nitrogen and oxygen atoms in total. The first-order chi connectivity index (χ1) is 19.3. The van der Waals surface area contributed by atoms with Crippen LogP contribution < -0.4 is 20.1 Å². The zero-order chi connectivity index (χ0) is 28.4. The molecule has 40 heavy (non-hydrogen) atoms. The number of methoxy groups -OCH3 is 2. The van der Waals surface area contributed by atoms with Crippen LogP contribution in [0.4, 0.5) is 4.39 Å². The Morgan fingerprint density at radius 3 is 2.70 bits per heavy atom. The first kappa shape index (κ1) is 27.4. The molecule has 1 aliphatic carbocycles. The highest BCUT2D eigenvalue weighted by atomic mass is 19.1. The van der Waals surface area contributed by atoms with Crippen LogP contribution in [0.2, 0.25) is 0 Å². The van der Waals surface area contributed by atoms with Gasteiger partial charge < -0.3 is 34.2 Å². The molecule has 0 unspecified atom stereocenters. The van der Waals surface area contributed by atoms with Crippen molar-refractivity contribution in [2.24, 2.45) is 0 Å². The standard InChI is InChI=1S/C29H32FN3O7/c1-29(28(36)31-15-20-21(30)8-5-9-22(20)38-3)16-39-24-19-11-10-17(26(34)32-18-6-4-7-18)14-23(19)40-25(24)27(35)33(29)12-13-37-2/h5,8-11,14,18H,4,6-7,12-13,15-16H2,1-3H3,(H,31,36)(H,32,34)/t29-/m1/s1. The van der Waals surface area contributed by atoms with Gasteiger partial charge in [0, 0.05) is 37.4 Å². The summed E-state index contributed by atoms with van der Waals surface area (Å²) in [5, 5.41) is 6.23. The number of hydrogen-bond donors (Lipinski definition) is 2. The molecular formula is C29H32FN3O7. The van der Waals surface area contributed by atoms with Gasteiger partial charge in [-0.15, -0.1) is 0 Å². The Bertz CT molecular complexity index is 1450. The second-order valence-electron chi connectivity index (χ2n) is 10.2. The number of benzene rings is 2. The molecule has 3 amide bonds. The number of halogens is 1. The van der Waals surface area contributed by atoms with Crippen LogP contribution in [0, 0.1) is 5.82 Å². The van der Waals surface area contributed by atoms with Crippen LogP contribution in [-0.2, 0) is 16.1 Å². The van der Waals surface area contributed by atoms with Gasteiger partial charge in [0.1, 0.15) is 23.8 Å². The minimum Gasteiger partial charge on any atom is -0.496 e. The number of amides is 3. The average Bonchev–Trinajstić information content (AvgIpc) is 3.25. The SMILES string of the molecule is COCCN1C(=O)c2oc3cc(C(=O)NC4CCC4)ccc3c2OC[C@]1(C)C(=O)NCc1c(F)cccc1OC. The third kappa shape index (κ3) is 4.97. The fraction of sp³-hybridized carbons (Fsp3) is 0.414. The lowest BCUT2D eigenvalue weighted by Crippen LogP contribution is -2.61. The van der Waals surface area contributed by atoms with Gasteiger partial charge in [-0.1, -0.05) is 6.07 Å². The Balaban J connectivity index is 1.42. The van der Waals surface area contributed by atoms with E-state index >= 15 is 0 Å². The molecular weight excluding hydrogens is 521 g/mol. The lowest BCUT2D eigenvalue weighted by atomic mass is 9.93. The van der Waals surface area contributed by atoms with Crippen molar-refractivity contribution in [3.63, 3.8) is 0 Å². The monoisotopic (exact) mass is 553 g/mol. The highest BCUT2D eigenvalue weighted by Crippen LogP contribution is 2.39. The molecule has 2 N–H and O–H groups in total. The van der Waals surface area contributed by atoms with Crippen molar-refractivity contribution in [2.45, 2.75) is 44.3 Å². The number of hydrogen-bond acceptors (Lipinski definition) is 7. The van der Waals surface area contributed by atoms with E-state index in [1.165, 1.54) is 31.3 Å². The van der Waals surface area contributed by atoms with Gasteiger partial charge in [0.15, 0.2) is 11.3 Å². The summed E-state index contributed by atoms with van der Waals surface area (Å²) in [6.45, 7) is 1.43. The number of nitrogens with zero attached hydrogens (tertiary/aromatic N) is 1. The van der Waals surface area contributed by atoms with E-state index in [4.69, 9.17) is 18.6 Å². The third-order valence-electron chi connectivity index (χ3n) is 7.61. The van der Waals surface area contributed by atoms with Gasteiger partial charge in [-0.25, -0.2) is 4.39 Å². The van der Waals surface area contributed by atoms with Crippen LogP contribution in [0.25, 0.3) is 11.0 Å². The van der Waals surface area contributed by atoms with E-state index in [2.05, 4.69) is 10.6 Å². The Labute approximate surface area is 230 Å². The minimum absolute atomic E-state index is 0.0666. The molecule has 2 heterocycles. The zero-order valence-electron chi connectivity index (χ0n) is 22.7. The molecule has 1 saturated carbocycles. The molecule has 3 aromatic rings. The molecule has 1 aromatic heterocycles. The quantitative estimate of drug-likeness (QED) is 0.417. The summed E-state index contributed by atoms with van der Waals surface area (Å²) in [6.07, 6.45) is 3.02. The van der Waals surface area contributed by atoms with Gasteiger partial charge in [-0.2, -0.15) is 0 Å². The predicted octanol–water partition coefficient (Wildman–Crippen LogP) is 3.42. The lowest BCUT2D eigenvalue weighted by Gasteiger charge is -2.37. The molecule has 212 valence electrons. The Kier molecular flexibility index (Phi) is 7.66. The Morgan fingerprint density at radius 2 is 2.00 bits per heavy atom. The van der Waals surface area contributed by atoms with Gasteiger partial charge in [-0.05, 0) is 56.5 Å². The molecule has 0 radical (unpaired) electrons. The molecule has 5 rings (SSSR count). The summed E-state index contributed by atoms with van der Waals surface area (Å²) < 4.78 is 36.9. The number of fused-ring (bicyclic) bond motifs is 3. The summed E-state index contributed by atoms with van der Waals surface area (Å²) >= 11 is 0. The first-order valence-corrected chi connectivity index (χ1v) is 13.2. The number of carbonyl (C=O) groups excluding carboxylic acids is 3. The van der Waals surface area contributed by atoms with Crippen molar-refractivity contribution in [2.75, 3.05) is 34.0 Å². The Hall–Kier alpha value is -4.12. The van der Waals surface area contributed by atoms with Crippen LogP contribution in [0.5, 0.6) is 11.5 Å². The van der Waals surface area contributed by atoms with E-state index in [1.54, 1.807) is 31.2 Å². The fourth-order valence-corrected chi connectivity index (χ4v) is 4.94. The number of ether oxygens (including phenoxy) is 3. The summed E-state index contributed by atoms with van der Waals surface area (Å²) in [4.78, 5) is 41.4. The van der Waals surface area contributed by atoms with Crippen LogP contribution in [0.1, 0.15) is 52.7 Å². The van der Waals surface area contributed by atoms with Crippen molar-refractivity contribution in [3.8, 4) is 11.5 Å². The summed E-state index contributed by atoms with van der Waals surface area (Å²) in [7, 11) is 2.91. The molecule has 0 bridgehead atoms. The smallest absolute Gasteiger partial charge is 0.294 e. The van der Waals surface area contributed by atoms with Crippen LogP contribution in [0.3, 0.4) is 0 Å². The maximum atomic E-state index is 14.5. The second kappa shape index (κ2) is 11.2. The summed E-state index contributed by atoms with van der Waals surface area (Å²) in [5.74, 6) is -1.44. The number of nitrogens with one attached hydrogen (secondary N) is 2. The number of furan rings is 1. The van der Waals surface area contributed by atoms with Crippen LogP contribution in [-0.4, -0.2) is 68.2 Å². The van der Waals surface area contributed by atoms with Gasteiger partial charge in [0.2, 0.25) is 11.7 Å². The predicted molar refractivity (Wildman–Crippen MR) is 143 cm³/mol. The molecule has 1 fully saturated rings. The third-order valence-corrected chi connectivity index (χ3v) is 7.61. The average molecular weight is 554 g/mol. The first-order valence-electron chi connectivity index (χ1n) is 13.2. The molecule has 11 heteroatoms. The lowest BCUT2D eigenvalue weighted by molar-refractivity contribution is -0.133. The highest BCUT2D eigenvalue weighted by molar-refractivity contribution is 6.06. The Morgan fingerprint density at radius 1 is 1.20 bits per heavy atom. The number of rotatable bonds is 9. The van der Waals surface area contributed by atoms with E-state index in [0.717, 1.165) is 19.3 Å². The summed E-state index contributed by atoms with van der Waals surface area (Å²) in [5.41, 5.74) is -0.558. The van der Waals surface area contributed by atoms with Crippen molar-refractivity contribution < 1.29 is 37.4 Å². The van der Waals surface area contributed by atoms with Gasteiger partial charge in [0.25, 0.3) is 11.8 Å². The second-order valence-corrected chi connectivity index (χ2v) is 10.2. The molecule has 2 aromatic carbocycles. The van der Waals surface area contributed by atoms with E-state index in [9.17, 15) is 18.8 Å². The molecule has 0 spiro atoms. The van der Waals surface area contributed by atoms with Crippen molar-refractivity contribution in [1.29, 1.82) is 0 Å². The van der Waals surface area contributed by atoms with Gasteiger partial charge in [0.05, 0.1) is 19.1 Å². The maximum Gasteiger partial charge on any atom is 0.294 e. The summed E-state index contributed by atoms with van der Waals surface area (Å²) in [6, 6.07) is 9.48. The van der Waals surface area contributed by atoms with E-state index in [0.29, 0.717) is 22.3 Å². The van der Waals surface area contributed by atoms with Crippen LogP contribution >= 0.6 is 0 Å². The maximum absolute atomic E-state index is 14.5. The van der Waals surface area contributed by atoms with Crippen LogP contribution in [0.15, 0.2) is 40.8 Å². The van der Waals surface area contributed by atoms with Crippen molar-refractivity contribution in [1.82, 2.24) is 15.5 Å². The van der Waals surface area contributed by atoms with Gasteiger partial charge >= 0.3 is 0 Å². The molecule has 1 atom stereocenters. The van der Waals surface area contributed by atoms with E-state index in [-0.39, 0.29) is 55.3 Å². The zero-order valence-corrected chi connectivity index (χ0v) is 22.7. The molecule has 0 saturated heterocycles. The fourth-order valence-electron chi connectivity index (χ4n) is 4.94. The molecule has 1 aliphatic heterocycles. The van der Waals surface area contributed by atoms with Crippen molar-refractivity contribution >= 4 is 28.7 Å². The minimum atomic E-state index is -1.48. The largest absolute Gasteiger partial charge is 0.496 e. The normalized spacial score (nSPS) is 18.9. The van der Waals surface area contributed by atoms with Gasteiger partial charge in [-0.3, -0.25) is 14.4 Å². The highest BCUT2D eigenvalue weighted by Gasteiger charge is 2.48. The topological polar surface area (TPSA) is 119 Å². The molecule has 2 aliphatic rings.